The van der Waals surface area contributed by atoms with Crippen LogP contribution in [-0.2, 0) is 0 Å². The molecule has 15 heavy (non-hydrogen) atoms. The molecule has 0 saturated carbocycles. The number of rotatable bonds is 2. The average Bonchev–Trinajstić information content (AvgIpc) is 2.26. The quantitative estimate of drug-likeness (QED) is 0.805. The lowest BCUT2D eigenvalue weighted by Crippen LogP contribution is -1.92. The fourth-order valence-electron chi connectivity index (χ4n) is 1.55. The van der Waals surface area contributed by atoms with E-state index in [1.165, 1.54) is 10.9 Å². The molecule has 76 valence electrons. The van der Waals surface area contributed by atoms with Gasteiger partial charge in [0, 0.05) is 17.6 Å². The second kappa shape index (κ2) is 4.24. The summed E-state index contributed by atoms with van der Waals surface area (Å²) in [5.41, 5.74) is 8.67. The van der Waals surface area contributed by atoms with Crippen molar-refractivity contribution in [1.29, 1.82) is 0 Å². The number of hydrogen-bond donors (Lipinski definition) is 1. The smallest absolute Gasteiger partial charge is 0.0705 e. The molecule has 1 aromatic carbocycles. The van der Waals surface area contributed by atoms with Crippen LogP contribution in [0.1, 0.15) is 11.3 Å². The monoisotopic (exact) mass is 198 g/mol. The highest BCUT2D eigenvalue weighted by Gasteiger charge is 1.95. The second-order valence-electron chi connectivity index (χ2n) is 3.54. The molecule has 0 bridgehead atoms. The largest absolute Gasteiger partial charge is 0.327 e. The van der Waals surface area contributed by atoms with Gasteiger partial charge in [-0.1, -0.05) is 24.3 Å². The summed E-state index contributed by atoms with van der Waals surface area (Å²) in [6.45, 7) is 2.58. The van der Waals surface area contributed by atoms with Crippen molar-refractivity contribution in [2.75, 3.05) is 6.54 Å². The summed E-state index contributed by atoms with van der Waals surface area (Å²) in [6.07, 6.45) is 3.97. The van der Waals surface area contributed by atoms with Gasteiger partial charge in [-0.3, -0.25) is 4.98 Å². The maximum absolute atomic E-state index is 5.41. The van der Waals surface area contributed by atoms with Gasteiger partial charge in [-0.15, -0.1) is 0 Å². The van der Waals surface area contributed by atoms with Gasteiger partial charge in [-0.25, -0.2) is 0 Å². The molecule has 0 spiro atoms. The highest BCUT2D eigenvalue weighted by Crippen LogP contribution is 2.15. The molecule has 1 heterocycles. The Morgan fingerprint density at radius 3 is 2.93 bits per heavy atom. The van der Waals surface area contributed by atoms with Gasteiger partial charge in [-0.05, 0) is 30.7 Å². The summed E-state index contributed by atoms with van der Waals surface area (Å²) < 4.78 is 0. The maximum atomic E-state index is 5.41. The third kappa shape index (κ3) is 2.22. The molecule has 2 aromatic rings. The normalized spacial score (nSPS) is 11.3. The highest BCUT2D eigenvalue weighted by molar-refractivity contribution is 5.81. The van der Waals surface area contributed by atoms with Crippen LogP contribution in [0.15, 0.2) is 36.4 Å². The number of hydrogen-bond acceptors (Lipinski definition) is 2. The predicted octanol–water partition coefficient (Wildman–Crippen LogP) is 2.52. The molecule has 0 aliphatic carbocycles. The molecule has 2 nitrogen and oxygen atoms in total. The topological polar surface area (TPSA) is 38.9 Å². The van der Waals surface area contributed by atoms with Crippen LogP contribution in [0.4, 0.5) is 0 Å². The van der Waals surface area contributed by atoms with E-state index in [9.17, 15) is 0 Å². The van der Waals surface area contributed by atoms with Crippen LogP contribution in [0.5, 0.6) is 0 Å². The minimum absolute atomic E-state index is 0.574. The van der Waals surface area contributed by atoms with Gasteiger partial charge in [0.05, 0.1) is 5.52 Å². The van der Waals surface area contributed by atoms with Gasteiger partial charge in [0.2, 0.25) is 0 Å². The minimum Gasteiger partial charge on any atom is -0.327 e. The van der Waals surface area contributed by atoms with Crippen LogP contribution in [-0.4, -0.2) is 11.5 Å². The zero-order valence-electron chi connectivity index (χ0n) is 8.77. The zero-order valence-corrected chi connectivity index (χ0v) is 8.77. The maximum Gasteiger partial charge on any atom is 0.0705 e. The molecule has 2 N–H and O–H groups in total. The van der Waals surface area contributed by atoms with Gasteiger partial charge in [0.1, 0.15) is 0 Å². The summed E-state index contributed by atoms with van der Waals surface area (Å²) in [5.74, 6) is 0. The molecule has 1 aromatic heterocycles. The van der Waals surface area contributed by atoms with Crippen molar-refractivity contribution in [3.8, 4) is 0 Å². The van der Waals surface area contributed by atoms with Gasteiger partial charge >= 0.3 is 0 Å². The lowest BCUT2D eigenvalue weighted by atomic mass is 10.1. The Balaban J connectivity index is 2.47. The van der Waals surface area contributed by atoms with Gasteiger partial charge < -0.3 is 5.73 Å². The molecule has 0 fully saturated rings. The van der Waals surface area contributed by atoms with E-state index in [0.29, 0.717) is 6.54 Å². The molecule has 0 aliphatic rings. The first kappa shape index (κ1) is 9.87. The number of aromatic nitrogens is 1. The Labute approximate surface area is 89.4 Å². The number of aryl methyl sites for hydroxylation is 1. The molecule has 0 amide bonds. The van der Waals surface area contributed by atoms with Crippen LogP contribution < -0.4 is 5.73 Å². The first-order valence-corrected chi connectivity index (χ1v) is 5.03. The van der Waals surface area contributed by atoms with E-state index < -0.39 is 0 Å². The Kier molecular flexibility index (Phi) is 2.79. The Bertz CT molecular complexity index is 501. The Morgan fingerprint density at radius 2 is 2.13 bits per heavy atom. The zero-order chi connectivity index (χ0) is 10.7. The fourth-order valence-corrected chi connectivity index (χ4v) is 1.55. The summed E-state index contributed by atoms with van der Waals surface area (Å²) in [5, 5.41) is 1.17. The molecule has 0 radical (unpaired) electrons. The first-order valence-electron chi connectivity index (χ1n) is 5.03. The first-order chi connectivity index (χ1) is 7.29. The van der Waals surface area contributed by atoms with E-state index in [4.69, 9.17) is 5.73 Å². The van der Waals surface area contributed by atoms with Crippen molar-refractivity contribution < 1.29 is 0 Å². The molecule has 2 heteroatoms. The number of nitrogens with two attached hydrogens (primary N) is 1. The van der Waals surface area contributed by atoms with E-state index >= 15 is 0 Å². The highest BCUT2D eigenvalue weighted by atomic mass is 14.7. The number of nitrogens with zero attached hydrogens (tertiary/aromatic N) is 1. The number of pyridine rings is 1. The summed E-state index contributed by atoms with van der Waals surface area (Å²) in [6, 6.07) is 10.3. The van der Waals surface area contributed by atoms with Crippen molar-refractivity contribution in [2.24, 2.45) is 5.73 Å². The van der Waals surface area contributed by atoms with Gasteiger partial charge in [0.15, 0.2) is 0 Å². The average molecular weight is 198 g/mol. The Hall–Kier alpha value is -1.67. The van der Waals surface area contributed by atoms with E-state index in [1.54, 1.807) is 0 Å². The van der Waals surface area contributed by atoms with E-state index in [2.05, 4.69) is 23.2 Å². The van der Waals surface area contributed by atoms with Crippen molar-refractivity contribution in [2.45, 2.75) is 6.92 Å². The van der Waals surface area contributed by atoms with Gasteiger partial charge in [0.25, 0.3) is 0 Å². The molecule has 0 unspecified atom stereocenters. The summed E-state index contributed by atoms with van der Waals surface area (Å²) in [4.78, 5) is 4.45. The molecule has 0 aliphatic heterocycles. The van der Waals surface area contributed by atoms with Crippen LogP contribution >= 0.6 is 0 Å². The SMILES string of the molecule is Cc1ccc2cc(/C=C/CN)ccc2n1. The second-order valence-corrected chi connectivity index (χ2v) is 3.54. The molecule has 2 rings (SSSR count). The summed E-state index contributed by atoms with van der Waals surface area (Å²) >= 11 is 0. The fraction of sp³-hybridized carbons (Fsp3) is 0.154. The number of fused-ring (bicyclic) bond motifs is 1. The van der Waals surface area contributed by atoms with E-state index in [1.807, 2.05) is 31.2 Å². The van der Waals surface area contributed by atoms with E-state index in [0.717, 1.165) is 11.2 Å². The molecule has 0 saturated heterocycles. The lowest BCUT2D eigenvalue weighted by molar-refractivity contribution is 1.25. The van der Waals surface area contributed by atoms with Crippen LogP contribution in [0, 0.1) is 6.92 Å². The van der Waals surface area contributed by atoms with Crippen molar-refractivity contribution >= 4 is 17.0 Å². The summed E-state index contributed by atoms with van der Waals surface area (Å²) in [7, 11) is 0. The van der Waals surface area contributed by atoms with Crippen LogP contribution in [0.2, 0.25) is 0 Å². The standard InChI is InChI=1S/C13H14N2/c1-10-4-6-12-9-11(3-2-8-14)5-7-13(12)15-10/h2-7,9H,8,14H2,1H3/b3-2+. The molecule has 0 atom stereocenters. The Morgan fingerprint density at radius 1 is 1.27 bits per heavy atom. The molecular formula is C13H14N2. The third-order valence-electron chi connectivity index (χ3n) is 2.30. The van der Waals surface area contributed by atoms with Crippen molar-refractivity contribution in [3.63, 3.8) is 0 Å². The van der Waals surface area contributed by atoms with Crippen LogP contribution in [0.3, 0.4) is 0 Å². The van der Waals surface area contributed by atoms with Crippen molar-refractivity contribution in [1.82, 2.24) is 4.98 Å². The number of benzene rings is 1. The minimum atomic E-state index is 0.574. The molecular weight excluding hydrogens is 184 g/mol. The van der Waals surface area contributed by atoms with Crippen molar-refractivity contribution in [3.05, 3.63) is 47.7 Å². The predicted molar refractivity (Wildman–Crippen MR) is 64.6 cm³/mol. The van der Waals surface area contributed by atoms with Gasteiger partial charge in [-0.2, -0.15) is 0 Å². The third-order valence-corrected chi connectivity index (χ3v) is 2.30. The lowest BCUT2D eigenvalue weighted by Gasteiger charge is -2.00. The van der Waals surface area contributed by atoms with Crippen LogP contribution in [0.25, 0.3) is 17.0 Å². The van der Waals surface area contributed by atoms with E-state index in [-0.39, 0.29) is 0 Å².